The largest absolute Gasteiger partial charge is 0.334 e. The Morgan fingerprint density at radius 2 is 2.32 bits per heavy atom. The van der Waals surface area contributed by atoms with Gasteiger partial charge >= 0.3 is 6.03 Å². The minimum absolute atomic E-state index is 0.0919. The number of amides is 3. The summed E-state index contributed by atoms with van der Waals surface area (Å²) in [6.07, 6.45) is 3.66. The minimum atomic E-state index is -0.535. The second-order valence-corrected chi connectivity index (χ2v) is 4.92. The van der Waals surface area contributed by atoms with Crippen molar-refractivity contribution >= 4 is 23.7 Å². The third-order valence-corrected chi connectivity index (χ3v) is 3.28. The van der Waals surface area contributed by atoms with E-state index in [4.69, 9.17) is 0 Å². The molecule has 9 heteroatoms. The topological polar surface area (TPSA) is 102 Å². The van der Waals surface area contributed by atoms with Gasteiger partial charge in [-0.2, -0.15) is 0 Å². The van der Waals surface area contributed by atoms with Crippen molar-refractivity contribution in [3.63, 3.8) is 0 Å². The Bertz CT molecular complexity index is 484. The van der Waals surface area contributed by atoms with Crippen LogP contribution in [0.5, 0.6) is 0 Å². The summed E-state index contributed by atoms with van der Waals surface area (Å²) in [7, 11) is 0. The number of carbonyl (C=O) groups excluding carboxylic acids is 2. The van der Waals surface area contributed by atoms with Gasteiger partial charge < -0.3 is 5.32 Å². The summed E-state index contributed by atoms with van der Waals surface area (Å²) >= 11 is 1.21. The van der Waals surface area contributed by atoms with E-state index in [2.05, 4.69) is 32.7 Å². The summed E-state index contributed by atoms with van der Waals surface area (Å²) in [6.45, 7) is 3.77. The molecule has 102 valence electrons. The third kappa shape index (κ3) is 4.05. The van der Waals surface area contributed by atoms with Gasteiger partial charge in [-0.05, 0) is 23.3 Å². The molecule has 0 atom stereocenters. The Hall–Kier alpha value is -1.90. The number of imide groups is 1. The molecule has 0 unspecified atom stereocenters. The van der Waals surface area contributed by atoms with E-state index in [9.17, 15) is 9.59 Å². The van der Waals surface area contributed by atoms with E-state index in [-0.39, 0.29) is 5.75 Å². The van der Waals surface area contributed by atoms with Crippen molar-refractivity contribution in [3.8, 4) is 0 Å². The smallest absolute Gasteiger partial charge is 0.321 e. The first kappa shape index (κ1) is 13.5. The number of hydrogen-bond donors (Lipinski definition) is 2. The van der Waals surface area contributed by atoms with Crippen molar-refractivity contribution in [1.82, 2.24) is 30.8 Å². The Morgan fingerprint density at radius 1 is 1.53 bits per heavy atom. The van der Waals surface area contributed by atoms with Gasteiger partial charge in [0.25, 0.3) is 0 Å². The summed E-state index contributed by atoms with van der Waals surface area (Å²) in [4.78, 5) is 22.7. The second-order valence-electron chi connectivity index (χ2n) is 3.97. The molecule has 0 spiro atoms. The van der Waals surface area contributed by atoms with E-state index in [1.165, 1.54) is 17.8 Å². The highest BCUT2D eigenvalue weighted by atomic mass is 32.2. The molecule has 0 bridgehead atoms. The van der Waals surface area contributed by atoms with Gasteiger partial charge in [-0.15, -0.1) is 11.7 Å². The summed E-state index contributed by atoms with van der Waals surface area (Å²) in [5.41, 5.74) is 0. The molecule has 1 aliphatic carbocycles. The van der Waals surface area contributed by atoms with Crippen LogP contribution in [0.1, 0.15) is 18.9 Å². The lowest BCUT2D eigenvalue weighted by Gasteiger charge is -2.04. The number of rotatable bonds is 6. The number of aromatic nitrogens is 4. The number of nitrogens with zero attached hydrogens (tertiary/aromatic N) is 4. The molecule has 0 saturated heterocycles. The van der Waals surface area contributed by atoms with Crippen LogP contribution >= 0.6 is 11.8 Å². The van der Waals surface area contributed by atoms with Gasteiger partial charge in [-0.25, -0.2) is 9.48 Å². The van der Waals surface area contributed by atoms with E-state index >= 15 is 0 Å². The number of tetrazole rings is 1. The van der Waals surface area contributed by atoms with E-state index in [0.29, 0.717) is 17.7 Å². The van der Waals surface area contributed by atoms with Gasteiger partial charge in [-0.1, -0.05) is 17.8 Å². The van der Waals surface area contributed by atoms with Crippen molar-refractivity contribution in [1.29, 1.82) is 0 Å². The quantitative estimate of drug-likeness (QED) is 0.567. The molecule has 1 aromatic rings. The standard InChI is InChI=1S/C10H14N6O2S/c1-2-5-11-9(18)12-8(17)6-19-10-13-14-15-16(10)7-3-4-7/h2,7H,1,3-6H2,(H2,11,12,17,18). The normalized spacial score (nSPS) is 13.9. The zero-order valence-electron chi connectivity index (χ0n) is 10.2. The van der Waals surface area contributed by atoms with Crippen LogP contribution in [0.4, 0.5) is 4.79 Å². The van der Waals surface area contributed by atoms with Gasteiger partial charge in [0.05, 0.1) is 11.8 Å². The maximum Gasteiger partial charge on any atom is 0.321 e. The monoisotopic (exact) mass is 282 g/mol. The minimum Gasteiger partial charge on any atom is -0.334 e. The van der Waals surface area contributed by atoms with Crippen molar-refractivity contribution in [2.75, 3.05) is 12.3 Å². The maximum atomic E-state index is 11.5. The number of carbonyl (C=O) groups is 2. The van der Waals surface area contributed by atoms with Crippen LogP contribution in [0, 0.1) is 0 Å². The van der Waals surface area contributed by atoms with E-state index in [1.54, 1.807) is 4.68 Å². The molecule has 2 rings (SSSR count). The molecule has 0 aromatic carbocycles. The highest BCUT2D eigenvalue weighted by molar-refractivity contribution is 7.99. The van der Waals surface area contributed by atoms with Crippen molar-refractivity contribution in [2.24, 2.45) is 0 Å². The lowest BCUT2D eigenvalue weighted by atomic mass is 10.6. The molecule has 1 saturated carbocycles. The van der Waals surface area contributed by atoms with Crippen LogP contribution in [0.25, 0.3) is 0 Å². The number of hydrogen-bond acceptors (Lipinski definition) is 6. The van der Waals surface area contributed by atoms with Crippen LogP contribution in [-0.4, -0.2) is 44.4 Å². The molecule has 1 heterocycles. The predicted octanol–water partition coefficient (Wildman–Crippen LogP) is 0.112. The fourth-order valence-corrected chi connectivity index (χ4v) is 2.08. The van der Waals surface area contributed by atoms with Gasteiger partial charge in [0.2, 0.25) is 11.1 Å². The summed E-state index contributed by atoms with van der Waals surface area (Å²) in [6, 6.07) is -0.177. The lowest BCUT2D eigenvalue weighted by molar-refractivity contribution is -0.117. The number of thioether (sulfide) groups is 1. The first-order valence-corrected chi connectivity index (χ1v) is 6.78. The first-order valence-electron chi connectivity index (χ1n) is 5.80. The lowest BCUT2D eigenvalue weighted by Crippen LogP contribution is -2.40. The SMILES string of the molecule is C=CCNC(=O)NC(=O)CSc1nnnn1C1CC1. The van der Waals surface area contributed by atoms with Crippen LogP contribution in [0.15, 0.2) is 17.8 Å². The molecule has 1 fully saturated rings. The molecule has 2 N–H and O–H groups in total. The van der Waals surface area contributed by atoms with Crippen LogP contribution < -0.4 is 10.6 Å². The predicted molar refractivity (Wildman–Crippen MR) is 68.6 cm³/mol. The van der Waals surface area contributed by atoms with Gasteiger partial charge in [0.1, 0.15) is 0 Å². The highest BCUT2D eigenvalue weighted by Crippen LogP contribution is 2.36. The Labute approximate surface area is 114 Å². The highest BCUT2D eigenvalue weighted by Gasteiger charge is 2.28. The van der Waals surface area contributed by atoms with E-state index in [0.717, 1.165) is 12.8 Å². The average molecular weight is 282 g/mol. The zero-order valence-corrected chi connectivity index (χ0v) is 11.0. The molecule has 1 aliphatic rings. The van der Waals surface area contributed by atoms with Gasteiger partial charge in [-0.3, -0.25) is 10.1 Å². The van der Waals surface area contributed by atoms with Crippen molar-refractivity contribution < 1.29 is 9.59 Å². The second kappa shape index (κ2) is 6.32. The molecular weight excluding hydrogens is 268 g/mol. The average Bonchev–Trinajstić information content (AvgIpc) is 3.13. The molecule has 1 aromatic heterocycles. The van der Waals surface area contributed by atoms with Gasteiger partial charge in [0.15, 0.2) is 0 Å². The van der Waals surface area contributed by atoms with Gasteiger partial charge in [0, 0.05) is 6.54 Å². The number of nitrogens with one attached hydrogen (secondary N) is 2. The first-order chi connectivity index (χ1) is 9.20. The molecule has 8 nitrogen and oxygen atoms in total. The summed E-state index contributed by atoms with van der Waals surface area (Å²) in [5, 5.41) is 16.6. The van der Waals surface area contributed by atoms with Crippen LogP contribution in [-0.2, 0) is 4.79 Å². The van der Waals surface area contributed by atoms with Crippen molar-refractivity contribution in [2.45, 2.75) is 24.0 Å². The molecule has 3 amide bonds. The Balaban J connectivity index is 1.75. The van der Waals surface area contributed by atoms with Crippen molar-refractivity contribution in [3.05, 3.63) is 12.7 Å². The maximum absolute atomic E-state index is 11.5. The zero-order chi connectivity index (χ0) is 13.7. The Morgan fingerprint density at radius 3 is 3.00 bits per heavy atom. The summed E-state index contributed by atoms with van der Waals surface area (Å²) in [5.74, 6) is -0.300. The fraction of sp³-hybridized carbons (Fsp3) is 0.500. The third-order valence-electron chi connectivity index (χ3n) is 2.35. The molecule has 0 aliphatic heterocycles. The number of urea groups is 1. The van der Waals surface area contributed by atoms with Crippen LogP contribution in [0.3, 0.4) is 0 Å². The molecule has 19 heavy (non-hydrogen) atoms. The molecular formula is C10H14N6O2S. The Kier molecular flexibility index (Phi) is 4.50. The summed E-state index contributed by atoms with van der Waals surface area (Å²) < 4.78 is 1.72. The molecule has 0 radical (unpaired) electrons. The fourth-order valence-electron chi connectivity index (χ4n) is 1.33. The van der Waals surface area contributed by atoms with Crippen LogP contribution in [0.2, 0.25) is 0 Å². The van der Waals surface area contributed by atoms with E-state index in [1.807, 2.05) is 0 Å². The van der Waals surface area contributed by atoms with E-state index < -0.39 is 11.9 Å².